The zero-order valence-electron chi connectivity index (χ0n) is 17.8. The van der Waals surface area contributed by atoms with Crippen LogP contribution in [0.5, 0.6) is 0 Å². The molecular formula is C23H29N5O2S. The summed E-state index contributed by atoms with van der Waals surface area (Å²) in [6, 6.07) is 11.3. The van der Waals surface area contributed by atoms with E-state index in [-0.39, 0.29) is 11.2 Å². The van der Waals surface area contributed by atoms with Gasteiger partial charge in [-0.3, -0.25) is 14.9 Å². The van der Waals surface area contributed by atoms with Crippen molar-refractivity contribution < 1.29 is 9.59 Å². The number of hydrogen-bond donors (Lipinski definition) is 3. The molecule has 2 amide bonds. The van der Waals surface area contributed by atoms with Gasteiger partial charge in [0.1, 0.15) is 0 Å². The number of rotatable bonds is 5. The molecule has 2 fully saturated rings. The van der Waals surface area contributed by atoms with Gasteiger partial charge >= 0.3 is 0 Å². The molecule has 0 unspecified atom stereocenters. The molecule has 8 heteroatoms. The standard InChI is InChI=1S/C15H23N.C8H6N4O2S/c1-13-7-9-14(10-8-13)11-12-16-15-5-3-2-4-6-15;9-7-10-2-1-4(11-7)3-5-6(13)12-8(14)15-5/h7-10,15-16H,2-6,11-12H2,1H3;1-3H,(H2,9,10,11)(H,12,13,14)/b;5-3-. The second-order valence-electron chi connectivity index (χ2n) is 7.72. The third-order valence-electron chi connectivity index (χ3n) is 5.19. The van der Waals surface area contributed by atoms with Gasteiger partial charge < -0.3 is 11.1 Å². The van der Waals surface area contributed by atoms with Crippen molar-refractivity contribution in [1.82, 2.24) is 20.6 Å². The summed E-state index contributed by atoms with van der Waals surface area (Å²) in [5.41, 5.74) is 8.67. The highest BCUT2D eigenvalue weighted by molar-refractivity contribution is 8.18. The molecule has 0 atom stereocenters. The van der Waals surface area contributed by atoms with Gasteiger partial charge in [0, 0.05) is 12.2 Å². The summed E-state index contributed by atoms with van der Waals surface area (Å²) >= 11 is 0.835. The summed E-state index contributed by atoms with van der Waals surface area (Å²) in [7, 11) is 0. The van der Waals surface area contributed by atoms with E-state index < -0.39 is 5.91 Å². The third kappa shape index (κ3) is 7.80. The number of imide groups is 1. The molecule has 2 aliphatic rings. The summed E-state index contributed by atoms with van der Waals surface area (Å²) < 4.78 is 0. The van der Waals surface area contributed by atoms with E-state index in [4.69, 9.17) is 5.73 Å². The van der Waals surface area contributed by atoms with Crippen LogP contribution in [0.4, 0.5) is 10.7 Å². The Morgan fingerprint density at radius 3 is 2.55 bits per heavy atom. The molecule has 1 saturated carbocycles. The van der Waals surface area contributed by atoms with Crippen molar-refractivity contribution >= 4 is 34.9 Å². The zero-order chi connectivity index (χ0) is 22.1. The maximum Gasteiger partial charge on any atom is 0.290 e. The quantitative estimate of drug-likeness (QED) is 0.607. The van der Waals surface area contributed by atoms with E-state index in [1.165, 1.54) is 55.5 Å². The number of carbonyl (C=O) groups is 2. The predicted octanol–water partition coefficient (Wildman–Crippen LogP) is 3.84. The largest absolute Gasteiger partial charge is 0.368 e. The number of thioether (sulfide) groups is 1. The van der Waals surface area contributed by atoms with Crippen molar-refractivity contribution in [3.05, 3.63) is 58.3 Å². The van der Waals surface area contributed by atoms with Gasteiger partial charge in [-0.15, -0.1) is 0 Å². The first-order valence-electron chi connectivity index (χ1n) is 10.6. The molecule has 1 aliphatic heterocycles. The van der Waals surface area contributed by atoms with Gasteiger partial charge in [-0.1, -0.05) is 49.1 Å². The molecule has 164 valence electrons. The Balaban J connectivity index is 0.000000176. The minimum absolute atomic E-state index is 0.124. The van der Waals surface area contributed by atoms with Crippen LogP contribution in [-0.4, -0.2) is 33.7 Å². The lowest BCUT2D eigenvalue weighted by atomic mass is 9.95. The average Bonchev–Trinajstić information content (AvgIpc) is 3.07. The van der Waals surface area contributed by atoms with Gasteiger partial charge in [0.05, 0.1) is 10.6 Å². The fourth-order valence-corrected chi connectivity index (χ4v) is 4.17. The molecule has 0 bridgehead atoms. The SMILES string of the molecule is Cc1ccc(CCNC2CCCCC2)cc1.Nc1nccc(/C=C2\SC(=O)NC2=O)n1. The van der Waals surface area contributed by atoms with E-state index in [1.54, 1.807) is 6.07 Å². The molecule has 1 aliphatic carbocycles. The first kappa shape index (κ1) is 23.0. The van der Waals surface area contributed by atoms with E-state index in [1.807, 2.05) is 0 Å². The average molecular weight is 440 g/mol. The van der Waals surface area contributed by atoms with Crippen molar-refractivity contribution in [3.8, 4) is 0 Å². The molecule has 1 aromatic carbocycles. The Morgan fingerprint density at radius 1 is 1.16 bits per heavy atom. The van der Waals surface area contributed by atoms with Crippen LogP contribution >= 0.6 is 11.8 Å². The Bertz CT molecular complexity index is 924. The minimum Gasteiger partial charge on any atom is -0.368 e. The summed E-state index contributed by atoms with van der Waals surface area (Å²) in [5, 5.41) is 5.45. The molecule has 2 aromatic rings. The molecule has 0 spiro atoms. The normalized spacial score (nSPS) is 17.9. The molecule has 1 aromatic heterocycles. The van der Waals surface area contributed by atoms with Crippen LogP contribution < -0.4 is 16.4 Å². The van der Waals surface area contributed by atoms with Gasteiger partial charge in [-0.2, -0.15) is 0 Å². The number of hydrogen-bond acceptors (Lipinski definition) is 7. The van der Waals surface area contributed by atoms with Crippen molar-refractivity contribution in [3.63, 3.8) is 0 Å². The van der Waals surface area contributed by atoms with Gasteiger partial charge in [-0.25, -0.2) is 9.97 Å². The predicted molar refractivity (Wildman–Crippen MR) is 125 cm³/mol. The Labute approximate surface area is 187 Å². The number of nitrogen functional groups attached to an aromatic ring is 1. The molecular weight excluding hydrogens is 410 g/mol. The van der Waals surface area contributed by atoms with Gasteiger partial charge in [0.15, 0.2) is 0 Å². The smallest absolute Gasteiger partial charge is 0.290 e. The number of benzene rings is 1. The highest BCUT2D eigenvalue weighted by atomic mass is 32.2. The number of nitrogens with one attached hydrogen (secondary N) is 2. The van der Waals surface area contributed by atoms with Gasteiger partial charge in [0.2, 0.25) is 5.95 Å². The number of anilines is 1. The lowest BCUT2D eigenvalue weighted by Gasteiger charge is -2.22. The fraction of sp³-hybridized carbons (Fsp3) is 0.391. The molecule has 7 nitrogen and oxygen atoms in total. The maximum absolute atomic E-state index is 11.2. The first-order valence-corrected chi connectivity index (χ1v) is 11.4. The lowest BCUT2D eigenvalue weighted by molar-refractivity contribution is -0.115. The van der Waals surface area contributed by atoms with Gasteiger partial charge in [0.25, 0.3) is 11.1 Å². The molecule has 4 N–H and O–H groups in total. The van der Waals surface area contributed by atoms with Crippen molar-refractivity contribution in [2.45, 2.75) is 51.5 Å². The van der Waals surface area contributed by atoms with Crippen LogP contribution in [0, 0.1) is 6.92 Å². The Kier molecular flexibility index (Phi) is 8.61. The number of carbonyl (C=O) groups excluding carboxylic acids is 2. The number of nitrogens with zero attached hydrogens (tertiary/aromatic N) is 2. The van der Waals surface area contributed by atoms with Gasteiger partial charge in [-0.05, 0) is 62.2 Å². The van der Waals surface area contributed by atoms with Crippen LogP contribution in [0.2, 0.25) is 0 Å². The summed E-state index contributed by atoms with van der Waals surface area (Å²) in [4.78, 5) is 29.9. The number of aromatic nitrogens is 2. The number of amides is 2. The van der Waals surface area contributed by atoms with Crippen LogP contribution in [0.3, 0.4) is 0 Å². The van der Waals surface area contributed by atoms with Crippen molar-refractivity contribution in [2.75, 3.05) is 12.3 Å². The maximum atomic E-state index is 11.2. The van der Waals surface area contributed by atoms with E-state index in [0.717, 1.165) is 30.8 Å². The summed E-state index contributed by atoms with van der Waals surface area (Å²) in [6.07, 6.45) is 11.2. The number of aryl methyl sites for hydroxylation is 1. The topological polar surface area (TPSA) is 110 Å². The Morgan fingerprint density at radius 2 is 1.90 bits per heavy atom. The summed E-state index contributed by atoms with van der Waals surface area (Å²) in [6.45, 7) is 3.28. The second-order valence-corrected chi connectivity index (χ2v) is 8.73. The van der Waals surface area contributed by atoms with Crippen LogP contribution in [0.15, 0.2) is 41.4 Å². The fourth-order valence-electron chi connectivity index (χ4n) is 3.51. The molecule has 1 saturated heterocycles. The molecule has 31 heavy (non-hydrogen) atoms. The zero-order valence-corrected chi connectivity index (χ0v) is 18.6. The minimum atomic E-state index is -0.415. The van der Waals surface area contributed by atoms with E-state index >= 15 is 0 Å². The van der Waals surface area contributed by atoms with E-state index in [2.05, 4.69) is 51.8 Å². The number of nitrogens with two attached hydrogens (primary N) is 1. The molecule has 2 heterocycles. The highest BCUT2D eigenvalue weighted by Crippen LogP contribution is 2.24. The van der Waals surface area contributed by atoms with Crippen molar-refractivity contribution in [2.24, 2.45) is 0 Å². The second kappa shape index (κ2) is 11.6. The van der Waals surface area contributed by atoms with Crippen LogP contribution in [-0.2, 0) is 11.2 Å². The Hall–Kier alpha value is -2.71. The first-order chi connectivity index (χ1) is 15.0. The van der Waals surface area contributed by atoms with Crippen LogP contribution in [0.25, 0.3) is 6.08 Å². The van der Waals surface area contributed by atoms with Crippen LogP contribution in [0.1, 0.15) is 48.9 Å². The van der Waals surface area contributed by atoms with E-state index in [9.17, 15) is 9.59 Å². The molecule has 0 radical (unpaired) electrons. The summed E-state index contributed by atoms with van der Waals surface area (Å²) in [5.74, 6) is -0.290. The lowest BCUT2D eigenvalue weighted by Crippen LogP contribution is -2.32. The molecule has 4 rings (SSSR count). The van der Waals surface area contributed by atoms with Crippen molar-refractivity contribution in [1.29, 1.82) is 0 Å². The van der Waals surface area contributed by atoms with E-state index in [0.29, 0.717) is 10.6 Å². The monoisotopic (exact) mass is 439 g/mol. The highest BCUT2D eigenvalue weighted by Gasteiger charge is 2.25. The third-order valence-corrected chi connectivity index (χ3v) is 6.00.